The number of benzene rings is 4. The first-order chi connectivity index (χ1) is 21.8. The normalized spacial score (nSPS) is 16.3. The summed E-state index contributed by atoms with van der Waals surface area (Å²) >= 11 is 0. The second kappa shape index (κ2) is 11.6. The first-order valence-corrected chi connectivity index (χ1v) is 15.0. The molecule has 9 nitrogen and oxygen atoms in total. The number of rotatable bonds is 1. The molecule has 9 heteroatoms. The molecule has 0 saturated carbocycles. The van der Waals surface area contributed by atoms with Gasteiger partial charge in [0.1, 0.15) is 23.0 Å². The minimum Gasteiger partial charge on any atom is -0.507 e. The Morgan fingerprint density at radius 2 is 1.62 bits per heavy atom. The fourth-order valence-electron chi connectivity index (χ4n) is 5.98. The minimum absolute atomic E-state index is 0.0830. The van der Waals surface area contributed by atoms with E-state index < -0.39 is 0 Å². The predicted octanol–water partition coefficient (Wildman–Crippen LogP) is 6.04. The molecule has 2 N–H and O–H groups in total. The highest BCUT2D eigenvalue weighted by Crippen LogP contribution is 2.39. The third-order valence-electron chi connectivity index (χ3n) is 8.45. The number of nitrogens with zero attached hydrogens (tertiary/aromatic N) is 3. The molecule has 10 rings (SSSR count). The van der Waals surface area contributed by atoms with Crippen LogP contribution in [0.1, 0.15) is 61.3 Å². The van der Waals surface area contributed by atoms with E-state index in [4.69, 9.17) is 9.47 Å². The molecule has 0 saturated heterocycles. The summed E-state index contributed by atoms with van der Waals surface area (Å²) in [4.78, 5) is 38.2. The van der Waals surface area contributed by atoms with E-state index in [-0.39, 0.29) is 29.2 Å². The highest BCUT2D eigenvalue weighted by Gasteiger charge is 2.33. The third-order valence-corrected chi connectivity index (χ3v) is 8.45. The van der Waals surface area contributed by atoms with Crippen LogP contribution in [0.25, 0.3) is 11.0 Å². The summed E-state index contributed by atoms with van der Waals surface area (Å²) in [6.07, 6.45) is 1.21. The minimum atomic E-state index is -0.387. The Kier molecular flexibility index (Phi) is 7.29. The molecular formula is C36H32N4O5. The van der Waals surface area contributed by atoms with Gasteiger partial charge in [-0.15, -0.1) is 0 Å². The number of hydrogen-bond acceptors (Lipinski definition) is 7. The van der Waals surface area contributed by atoms with E-state index in [1.165, 1.54) is 12.1 Å². The van der Waals surface area contributed by atoms with E-state index in [0.717, 1.165) is 33.6 Å². The Morgan fingerprint density at radius 1 is 0.889 bits per heavy atom. The lowest BCUT2D eigenvalue weighted by atomic mass is 9.87. The van der Waals surface area contributed by atoms with Crippen LogP contribution < -0.4 is 14.8 Å². The van der Waals surface area contributed by atoms with Crippen LogP contribution >= 0.6 is 0 Å². The summed E-state index contributed by atoms with van der Waals surface area (Å²) < 4.78 is 12.1. The van der Waals surface area contributed by atoms with Crippen molar-refractivity contribution in [3.63, 3.8) is 0 Å². The van der Waals surface area contributed by atoms with Crippen LogP contribution in [0.3, 0.4) is 0 Å². The van der Waals surface area contributed by atoms with Crippen molar-refractivity contribution < 1.29 is 24.2 Å². The molecule has 0 aliphatic carbocycles. The Balaban J connectivity index is 1.28. The number of ether oxygens (including phenoxy) is 2. The number of aromatic hydroxyl groups is 1. The Morgan fingerprint density at radius 3 is 2.44 bits per heavy atom. The van der Waals surface area contributed by atoms with Gasteiger partial charge in [0.15, 0.2) is 0 Å². The summed E-state index contributed by atoms with van der Waals surface area (Å²) in [5.41, 5.74) is 6.89. The smallest absolute Gasteiger partial charge is 0.255 e. The van der Waals surface area contributed by atoms with Gasteiger partial charge in [-0.1, -0.05) is 18.2 Å². The molecule has 8 bridgehead atoms. The van der Waals surface area contributed by atoms with Crippen molar-refractivity contribution in [2.45, 2.75) is 32.7 Å². The fourth-order valence-corrected chi connectivity index (χ4v) is 5.98. The number of fused-ring (bicyclic) bond motifs is 1. The molecule has 4 aromatic carbocycles. The molecule has 1 aromatic heterocycles. The molecule has 5 aliphatic heterocycles. The standard InChI is InChI=1S/C36H32N4O5/c1-21-22(2)39-32-19-25(6-12-31(32)38-21)36(43)40-16-14-24-18-27-9-11-29(24)34(40)23-4-7-26(8-5-23)44-17-3-15-37-35(42)30-20-28(45-27)10-13-33(30)41/h4-13,18-20,34,41H,3,14-17H2,1-2H3,(H,37,42). The second-order valence-corrected chi connectivity index (χ2v) is 11.4. The van der Waals surface area contributed by atoms with E-state index in [9.17, 15) is 14.7 Å². The molecule has 1 atom stereocenters. The van der Waals surface area contributed by atoms with Gasteiger partial charge in [0, 0.05) is 18.7 Å². The molecule has 5 aromatic rings. The molecule has 2 amide bonds. The van der Waals surface area contributed by atoms with Crippen LogP contribution in [0.2, 0.25) is 0 Å². The van der Waals surface area contributed by atoms with Crippen molar-refractivity contribution in [1.82, 2.24) is 20.2 Å². The summed E-state index contributed by atoms with van der Waals surface area (Å²) in [6, 6.07) is 23.5. The maximum absolute atomic E-state index is 14.2. The van der Waals surface area contributed by atoms with Crippen LogP contribution in [0.15, 0.2) is 78.9 Å². The van der Waals surface area contributed by atoms with E-state index in [1.807, 2.05) is 79.4 Å². The van der Waals surface area contributed by atoms with Crippen LogP contribution in [0.5, 0.6) is 23.0 Å². The number of phenolic OH excluding ortho intramolecular Hbond substituents is 1. The zero-order valence-electron chi connectivity index (χ0n) is 25.0. The van der Waals surface area contributed by atoms with E-state index in [1.54, 1.807) is 6.07 Å². The number of carbonyl (C=O) groups excluding carboxylic acids is 2. The SMILES string of the molecule is Cc1nc2ccc(C(=O)N3CCc4cc5ccc4C3c3ccc(cc3)OCCCNC(=O)c3cc(ccc3O)O5)cc2nc1C. The molecule has 226 valence electrons. The van der Waals surface area contributed by atoms with Gasteiger partial charge in [-0.05, 0) is 104 Å². The number of nitrogens with one attached hydrogen (secondary N) is 1. The molecule has 45 heavy (non-hydrogen) atoms. The highest BCUT2D eigenvalue weighted by molar-refractivity contribution is 5.98. The largest absolute Gasteiger partial charge is 0.507 e. The first-order valence-electron chi connectivity index (χ1n) is 15.0. The molecule has 0 fully saturated rings. The maximum Gasteiger partial charge on any atom is 0.255 e. The zero-order valence-corrected chi connectivity index (χ0v) is 25.0. The van der Waals surface area contributed by atoms with Crippen molar-refractivity contribution in [2.75, 3.05) is 19.7 Å². The molecule has 1 unspecified atom stereocenters. The summed E-state index contributed by atoms with van der Waals surface area (Å²) in [6.45, 7) is 5.13. The van der Waals surface area contributed by atoms with Crippen LogP contribution in [0, 0.1) is 13.8 Å². The lowest BCUT2D eigenvalue weighted by molar-refractivity contribution is 0.0694. The molecular weight excluding hydrogens is 568 g/mol. The average molecular weight is 601 g/mol. The third kappa shape index (κ3) is 5.53. The van der Waals surface area contributed by atoms with E-state index in [0.29, 0.717) is 60.9 Å². The van der Waals surface area contributed by atoms with E-state index >= 15 is 0 Å². The summed E-state index contributed by atoms with van der Waals surface area (Å²) in [5.74, 6) is 1.14. The van der Waals surface area contributed by atoms with Gasteiger partial charge in [-0.2, -0.15) is 0 Å². The van der Waals surface area contributed by atoms with Crippen molar-refractivity contribution >= 4 is 22.8 Å². The monoisotopic (exact) mass is 600 g/mol. The number of aromatic nitrogens is 2. The number of amides is 2. The molecule has 0 radical (unpaired) electrons. The Hall–Kier alpha value is -5.44. The summed E-state index contributed by atoms with van der Waals surface area (Å²) in [7, 11) is 0. The predicted molar refractivity (Wildman–Crippen MR) is 169 cm³/mol. The van der Waals surface area contributed by atoms with Crippen LogP contribution in [0.4, 0.5) is 0 Å². The van der Waals surface area contributed by atoms with Gasteiger partial charge in [0.2, 0.25) is 0 Å². The maximum atomic E-state index is 14.2. The quantitative estimate of drug-likeness (QED) is 0.241. The number of carbonyl (C=O) groups is 2. The van der Waals surface area contributed by atoms with Crippen molar-refractivity contribution in [1.29, 1.82) is 0 Å². The average Bonchev–Trinajstić information content (AvgIpc) is 3.05. The Bertz CT molecular complexity index is 1960. The van der Waals surface area contributed by atoms with Gasteiger partial charge >= 0.3 is 0 Å². The first kappa shape index (κ1) is 28.3. The lowest BCUT2D eigenvalue weighted by Gasteiger charge is -2.38. The van der Waals surface area contributed by atoms with Gasteiger partial charge in [0.25, 0.3) is 11.8 Å². The topological polar surface area (TPSA) is 114 Å². The number of phenols is 1. The molecule has 5 aliphatic rings. The summed E-state index contributed by atoms with van der Waals surface area (Å²) in [5, 5.41) is 13.2. The van der Waals surface area contributed by atoms with Gasteiger partial charge in [0.05, 0.1) is 40.6 Å². The Labute approximate surface area is 260 Å². The number of aryl methyl sites for hydroxylation is 2. The van der Waals surface area contributed by atoms with Gasteiger partial charge in [-0.25, -0.2) is 9.97 Å². The molecule has 0 spiro atoms. The van der Waals surface area contributed by atoms with E-state index in [2.05, 4.69) is 15.3 Å². The molecule has 6 heterocycles. The van der Waals surface area contributed by atoms with Crippen LogP contribution in [-0.2, 0) is 6.42 Å². The van der Waals surface area contributed by atoms with Crippen molar-refractivity contribution in [2.24, 2.45) is 0 Å². The van der Waals surface area contributed by atoms with Crippen molar-refractivity contribution in [3.8, 4) is 23.0 Å². The number of hydrogen-bond donors (Lipinski definition) is 2. The van der Waals surface area contributed by atoms with Gasteiger partial charge < -0.3 is 24.8 Å². The fraction of sp³-hybridized carbons (Fsp3) is 0.222. The lowest BCUT2D eigenvalue weighted by Crippen LogP contribution is -2.40. The highest BCUT2D eigenvalue weighted by atomic mass is 16.5. The second-order valence-electron chi connectivity index (χ2n) is 11.4. The van der Waals surface area contributed by atoms with Crippen molar-refractivity contribution in [3.05, 3.63) is 118 Å². The van der Waals surface area contributed by atoms with Crippen LogP contribution in [-0.4, -0.2) is 51.5 Å². The van der Waals surface area contributed by atoms with Gasteiger partial charge in [-0.3, -0.25) is 9.59 Å². The zero-order chi connectivity index (χ0) is 31.1.